The topological polar surface area (TPSA) is 41.5 Å². The number of methoxy groups -OCH3 is 3. The molecule has 6 heteroatoms. The summed E-state index contributed by atoms with van der Waals surface area (Å²) < 4.78 is 18.7. The van der Waals surface area contributed by atoms with Crippen molar-refractivity contribution in [1.29, 1.82) is 0 Å². The lowest BCUT2D eigenvalue weighted by Gasteiger charge is -2.30. The van der Waals surface area contributed by atoms with Crippen molar-refractivity contribution in [1.82, 2.24) is 4.57 Å². The van der Waals surface area contributed by atoms with E-state index < -0.39 is 0 Å². The zero-order chi connectivity index (χ0) is 18.5. The van der Waals surface area contributed by atoms with Gasteiger partial charge >= 0.3 is 0 Å². The van der Waals surface area contributed by atoms with Crippen molar-refractivity contribution < 1.29 is 24.0 Å². The van der Waals surface area contributed by atoms with Crippen LogP contribution in [-0.4, -0.2) is 52.1 Å². The van der Waals surface area contributed by atoms with Crippen LogP contribution in [-0.2, 0) is 20.1 Å². The SMILES string of the molecule is COc1ccc(C[NH+]2CC[NH+](Cc3cccn3C)CC2)c(OC)c1OC. The van der Waals surface area contributed by atoms with E-state index in [0.29, 0.717) is 11.5 Å². The third kappa shape index (κ3) is 3.97. The van der Waals surface area contributed by atoms with Crippen molar-refractivity contribution in [3.8, 4) is 17.2 Å². The Morgan fingerprint density at radius 2 is 1.50 bits per heavy atom. The number of rotatable bonds is 7. The van der Waals surface area contributed by atoms with Crippen LogP contribution in [0.3, 0.4) is 0 Å². The van der Waals surface area contributed by atoms with E-state index in [1.54, 1.807) is 31.1 Å². The Labute approximate surface area is 155 Å². The van der Waals surface area contributed by atoms with Crippen LogP contribution in [0, 0.1) is 0 Å². The normalized spacial score (nSPS) is 20.0. The minimum Gasteiger partial charge on any atom is -0.493 e. The van der Waals surface area contributed by atoms with Crippen molar-refractivity contribution in [2.45, 2.75) is 13.1 Å². The van der Waals surface area contributed by atoms with E-state index >= 15 is 0 Å². The summed E-state index contributed by atoms with van der Waals surface area (Å²) in [5.74, 6) is 2.18. The first-order chi connectivity index (χ1) is 12.7. The molecule has 0 bridgehead atoms. The molecule has 0 saturated carbocycles. The van der Waals surface area contributed by atoms with E-state index in [1.165, 1.54) is 24.3 Å². The molecule has 0 radical (unpaired) electrons. The van der Waals surface area contributed by atoms with E-state index in [4.69, 9.17) is 14.2 Å². The number of hydrogen-bond acceptors (Lipinski definition) is 3. The molecule has 2 N–H and O–H groups in total. The lowest BCUT2D eigenvalue weighted by molar-refractivity contribution is -1.02. The number of nitrogens with one attached hydrogen (secondary N) is 2. The average molecular weight is 361 g/mol. The Bertz CT molecular complexity index is 721. The van der Waals surface area contributed by atoms with Gasteiger partial charge in [-0.2, -0.15) is 0 Å². The molecular weight excluding hydrogens is 330 g/mol. The summed E-state index contributed by atoms with van der Waals surface area (Å²) in [5, 5.41) is 0. The maximum atomic E-state index is 5.63. The molecule has 0 unspecified atom stereocenters. The quantitative estimate of drug-likeness (QED) is 0.701. The molecule has 1 aliphatic rings. The van der Waals surface area contributed by atoms with Crippen molar-refractivity contribution in [3.63, 3.8) is 0 Å². The van der Waals surface area contributed by atoms with Crippen molar-refractivity contribution >= 4 is 0 Å². The van der Waals surface area contributed by atoms with E-state index in [0.717, 1.165) is 31.9 Å². The first-order valence-electron chi connectivity index (χ1n) is 9.21. The second kappa shape index (κ2) is 8.47. The Kier molecular flexibility index (Phi) is 6.06. The van der Waals surface area contributed by atoms with E-state index in [2.05, 4.69) is 36.0 Å². The van der Waals surface area contributed by atoms with Crippen LogP contribution in [0.25, 0.3) is 0 Å². The number of benzene rings is 1. The van der Waals surface area contributed by atoms with Crippen molar-refractivity contribution in [2.24, 2.45) is 7.05 Å². The number of hydrogen-bond donors (Lipinski definition) is 2. The highest BCUT2D eigenvalue weighted by molar-refractivity contribution is 5.55. The zero-order valence-corrected chi connectivity index (χ0v) is 16.3. The lowest BCUT2D eigenvalue weighted by atomic mass is 10.1. The average Bonchev–Trinajstić information content (AvgIpc) is 3.07. The standard InChI is InChI=1S/C20H29N3O3/c1-21-9-5-6-17(21)15-23-12-10-22(11-13-23)14-16-7-8-18(24-2)20(26-4)19(16)25-3/h5-9H,10-15H2,1-4H3/p+2. The van der Waals surface area contributed by atoms with Crippen LogP contribution in [0.4, 0.5) is 0 Å². The van der Waals surface area contributed by atoms with Crippen LogP contribution >= 0.6 is 0 Å². The molecule has 1 aromatic carbocycles. The Morgan fingerprint density at radius 3 is 2.04 bits per heavy atom. The fourth-order valence-electron chi connectivity index (χ4n) is 3.82. The van der Waals surface area contributed by atoms with Gasteiger partial charge in [0.2, 0.25) is 5.75 Å². The smallest absolute Gasteiger partial charge is 0.203 e. The molecule has 0 spiro atoms. The van der Waals surface area contributed by atoms with Gasteiger partial charge in [-0.3, -0.25) is 0 Å². The van der Waals surface area contributed by atoms with Crippen molar-refractivity contribution in [3.05, 3.63) is 41.7 Å². The van der Waals surface area contributed by atoms with Crippen LogP contribution < -0.4 is 24.0 Å². The summed E-state index contributed by atoms with van der Waals surface area (Å²) in [6.07, 6.45) is 2.12. The summed E-state index contributed by atoms with van der Waals surface area (Å²) >= 11 is 0. The van der Waals surface area contributed by atoms with Gasteiger partial charge in [-0.1, -0.05) is 0 Å². The highest BCUT2D eigenvalue weighted by Crippen LogP contribution is 2.39. The predicted molar refractivity (Wildman–Crippen MR) is 100 cm³/mol. The van der Waals surface area contributed by atoms with Crippen LogP contribution in [0.1, 0.15) is 11.3 Å². The monoisotopic (exact) mass is 361 g/mol. The summed E-state index contributed by atoms with van der Waals surface area (Å²) in [7, 11) is 7.12. The highest BCUT2D eigenvalue weighted by atomic mass is 16.5. The molecule has 2 aromatic rings. The Morgan fingerprint density at radius 1 is 0.846 bits per heavy atom. The van der Waals surface area contributed by atoms with E-state index in [1.807, 2.05) is 6.07 Å². The van der Waals surface area contributed by atoms with Gasteiger partial charge in [0, 0.05) is 13.2 Å². The molecule has 26 heavy (non-hydrogen) atoms. The maximum Gasteiger partial charge on any atom is 0.203 e. The first-order valence-corrected chi connectivity index (χ1v) is 9.21. The minimum atomic E-state index is 0.680. The van der Waals surface area contributed by atoms with E-state index in [9.17, 15) is 0 Å². The summed E-state index contributed by atoms with van der Waals surface area (Å²) in [6, 6.07) is 8.41. The fourth-order valence-corrected chi connectivity index (χ4v) is 3.82. The minimum absolute atomic E-state index is 0.680. The third-order valence-corrected chi connectivity index (χ3v) is 5.37. The third-order valence-electron chi connectivity index (χ3n) is 5.37. The molecule has 2 heterocycles. The maximum absolute atomic E-state index is 5.63. The van der Waals surface area contributed by atoms with Gasteiger partial charge in [0.05, 0.1) is 32.6 Å². The van der Waals surface area contributed by atoms with Gasteiger partial charge in [-0.25, -0.2) is 0 Å². The van der Waals surface area contributed by atoms with Crippen LogP contribution in [0.5, 0.6) is 17.2 Å². The molecule has 0 aliphatic carbocycles. The van der Waals surface area contributed by atoms with Gasteiger partial charge < -0.3 is 28.6 Å². The number of quaternary nitrogens is 2. The Balaban J connectivity index is 1.62. The summed E-state index contributed by atoms with van der Waals surface area (Å²) in [4.78, 5) is 3.25. The van der Waals surface area contributed by atoms with Gasteiger partial charge in [0.25, 0.3) is 0 Å². The summed E-state index contributed by atoms with van der Waals surface area (Å²) in [5.41, 5.74) is 2.58. The summed E-state index contributed by atoms with van der Waals surface area (Å²) in [6.45, 7) is 6.76. The molecular formula is C20H31N3O3+2. The molecule has 1 saturated heterocycles. The molecule has 0 atom stereocenters. The molecule has 1 fully saturated rings. The number of nitrogens with zero attached hydrogens (tertiary/aromatic N) is 1. The second-order valence-electron chi connectivity index (χ2n) is 6.96. The van der Waals surface area contributed by atoms with E-state index in [-0.39, 0.29) is 0 Å². The van der Waals surface area contributed by atoms with Gasteiger partial charge in [0.1, 0.15) is 39.3 Å². The molecule has 6 nitrogen and oxygen atoms in total. The Hall–Kier alpha value is -2.18. The van der Waals surface area contributed by atoms with Gasteiger partial charge in [0.15, 0.2) is 11.5 Å². The van der Waals surface area contributed by atoms with Gasteiger partial charge in [-0.15, -0.1) is 0 Å². The molecule has 1 aromatic heterocycles. The van der Waals surface area contributed by atoms with Crippen LogP contribution in [0.2, 0.25) is 0 Å². The number of ether oxygens (including phenoxy) is 3. The van der Waals surface area contributed by atoms with Gasteiger partial charge in [-0.05, 0) is 24.3 Å². The second-order valence-corrected chi connectivity index (χ2v) is 6.96. The number of aromatic nitrogens is 1. The predicted octanol–water partition coefficient (Wildman–Crippen LogP) is -0.465. The first kappa shape index (κ1) is 18.6. The van der Waals surface area contributed by atoms with Crippen LogP contribution in [0.15, 0.2) is 30.5 Å². The largest absolute Gasteiger partial charge is 0.493 e. The number of aryl methyl sites for hydroxylation is 1. The lowest BCUT2D eigenvalue weighted by Crippen LogP contribution is -3.27. The molecule has 3 rings (SSSR count). The number of piperazine rings is 1. The fraction of sp³-hybridized carbons (Fsp3) is 0.500. The molecule has 0 amide bonds. The molecule has 1 aliphatic heterocycles. The zero-order valence-electron chi connectivity index (χ0n) is 16.3. The van der Waals surface area contributed by atoms with Crippen molar-refractivity contribution in [2.75, 3.05) is 47.5 Å². The molecule has 142 valence electrons. The highest BCUT2D eigenvalue weighted by Gasteiger charge is 2.26.